The number of nitrogens with two attached hydrogens (primary N) is 1. The summed E-state index contributed by atoms with van der Waals surface area (Å²) in [7, 11) is 2.98. The van der Waals surface area contributed by atoms with E-state index in [0.29, 0.717) is 26.6 Å². The van der Waals surface area contributed by atoms with E-state index in [0.717, 1.165) is 11.5 Å². The van der Waals surface area contributed by atoms with Crippen molar-refractivity contribution in [1.29, 1.82) is 0 Å². The summed E-state index contributed by atoms with van der Waals surface area (Å²) in [5.41, 5.74) is 5.83. The molecule has 0 bridgehead atoms. The highest BCUT2D eigenvalue weighted by Crippen LogP contribution is 2.42. The Morgan fingerprint density at radius 1 is 1.41 bits per heavy atom. The Bertz CT molecular complexity index is 1200. The van der Waals surface area contributed by atoms with Gasteiger partial charge in [-0.2, -0.15) is 9.36 Å². The lowest BCUT2D eigenvalue weighted by Crippen LogP contribution is -2.71. The highest BCUT2D eigenvalue weighted by atomic mass is 32.2. The second-order valence-electron chi connectivity index (χ2n) is 6.61. The first-order chi connectivity index (χ1) is 16.3. The fourth-order valence-corrected chi connectivity index (χ4v) is 6.75. The third-order valence-corrected chi connectivity index (χ3v) is 8.62. The van der Waals surface area contributed by atoms with E-state index >= 15 is 0 Å². The summed E-state index contributed by atoms with van der Waals surface area (Å²) in [5, 5.41) is 27.1. The fraction of sp³-hybridized carbons (Fsp3) is 0.375. The number of rotatable bonds is 9. The zero-order valence-corrected chi connectivity index (χ0v) is 20.8. The topological polar surface area (TPSA) is 198 Å². The predicted molar refractivity (Wildman–Crippen MR) is 128 cm³/mol. The largest absolute Gasteiger partial charge is 0.477 e. The molecule has 0 aliphatic carbocycles. The maximum absolute atomic E-state index is 12.9. The van der Waals surface area contributed by atoms with E-state index in [4.69, 9.17) is 10.6 Å². The van der Waals surface area contributed by atoms with Gasteiger partial charge in [0.25, 0.3) is 11.8 Å². The quantitative estimate of drug-likeness (QED) is 0.142. The van der Waals surface area contributed by atoms with Gasteiger partial charge in [0.15, 0.2) is 9.47 Å². The molecule has 34 heavy (non-hydrogen) atoms. The molecule has 2 atom stereocenters. The lowest BCUT2D eigenvalue weighted by Gasteiger charge is -2.49. The second-order valence-corrected chi connectivity index (χ2v) is 10.7. The van der Waals surface area contributed by atoms with Crippen molar-refractivity contribution in [2.75, 3.05) is 36.7 Å². The summed E-state index contributed by atoms with van der Waals surface area (Å²) in [5.74, 6) is -1.82. The lowest BCUT2D eigenvalue weighted by molar-refractivity contribution is -0.150. The van der Waals surface area contributed by atoms with Gasteiger partial charge in [0, 0.05) is 30.1 Å². The summed E-state index contributed by atoms with van der Waals surface area (Å²) in [6, 6.07) is -0.944. The number of nitrogens with one attached hydrogen (secondary N) is 2. The third-order valence-electron chi connectivity index (χ3n) is 4.58. The van der Waals surface area contributed by atoms with E-state index in [-0.39, 0.29) is 22.4 Å². The van der Waals surface area contributed by atoms with Crippen LogP contribution in [0, 0.1) is 0 Å². The second kappa shape index (κ2) is 10.1. The molecule has 1 saturated heterocycles. The molecule has 18 heteroatoms. The van der Waals surface area contributed by atoms with Gasteiger partial charge in [-0.15, -0.1) is 22.0 Å². The van der Waals surface area contributed by atoms with Crippen LogP contribution in [0.5, 0.6) is 0 Å². The Morgan fingerprint density at radius 2 is 2.21 bits per heavy atom. The summed E-state index contributed by atoms with van der Waals surface area (Å²) in [6.45, 7) is 0. The van der Waals surface area contributed by atoms with Gasteiger partial charge in [-0.25, -0.2) is 4.79 Å². The van der Waals surface area contributed by atoms with Crippen LogP contribution in [-0.4, -0.2) is 90.1 Å². The number of amides is 2. The Labute approximate surface area is 208 Å². The molecule has 0 saturated carbocycles. The molecule has 180 valence electrons. The smallest absolute Gasteiger partial charge is 0.352 e. The minimum Gasteiger partial charge on any atom is -0.477 e. The highest BCUT2D eigenvalue weighted by Gasteiger charge is 2.54. The third kappa shape index (κ3) is 4.65. The van der Waals surface area contributed by atoms with Crippen LogP contribution >= 0.6 is 46.4 Å². The van der Waals surface area contributed by atoms with Gasteiger partial charge in [-0.3, -0.25) is 14.5 Å². The Kier molecular flexibility index (Phi) is 7.19. The van der Waals surface area contributed by atoms with Crippen molar-refractivity contribution in [3.05, 3.63) is 17.1 Å². The zero-order chi connectivity index (χ0) is 24.4. The number of aromatic nitrogens is 4. The fourth-order valence-electron chi connectivity index (χ4n) is 3.13. The first-order valence-electron chi connectivity index (χ1n) is 9.39. The molecule has 4 heterocycles. The molecule has 0 radical (unpaired) electrons. The molecular formula is C16H17N9O5S4. The first-order valence-corrected chi connectivity index (χ1v) is 13.0. The number of carbonyl (C=O) groups is 3. The number of carboxylic acid groups (broad SMARTS) is 1. The van der Waals surface area contributed by atoms with Gasteiger partial charge in [-0.1, -0.05) is 28.3 Å². The van der Waals surface area contributed by atoms with Crippen molar-refractivity contribution in [3.8, 4) is 0 Å². The number of carbonyl (C=O) groups excluding carboxylic acids is 2. The summed E-state index contributed by atoms with van der Waals surface area (Å²) < 4.78 is 4.61. The number of oxime groups is 1. The molecule has 14 nitrogen and oxygen atoms in total. The maximum atomic E-state index is 12.9. The van der Waals surface area contributed by atoms with Gasteiger partial charge >= 0.3 is 5.97 Å². The average molecular weight is 544 g/mol. The van der Waals surface area contributed by atoms with E-state index < -0.39 is 29.2 Å². The lowest BCUT2D eigenvalue weighted by atomic mass is 10.0. The van der Waals surface area contributed by atoms with E-state index in [1.54, 1.807) is 7.05 Å². The molecule has 2 aliphatic rings. The van der Waals surface area contributed by atoms with E-state index in [1.165, 1.54) is 46.9 Å². The molecule has 5 N–H and O–H groups in total. The maximum Gasteiger partial charge on any atom is 0.352 e. The molecule has 2 amide bonds. The number of thioether (sulfide) groups is 2. The Morgan fingerprint density at radius 3 is 2.82 bits per heavy atom. The summed E-state index contributed by atoms with van der Waals surface area (Å²) in [6.07, 6.45) is 0. The first kappa shape index (κ1) is 24.2. The highest BCUT2D eigenvalue weighted by molar-refractivity contribution is 8.01. The number of aliphatic carboxylic acids is 1. The minimum atomic E-state index is -1.21. The summed E-state index contributed by atoms with van der Waals surface area (Å²) >= 11 is 4.93. The van der Waals surface area contributed by atoms with Crippen LogP contribution in [0.25, 0.3) is 0 Å². The molecular weight excluding hydrogens is 527 g/mol. The van der Waals surface area contributed by atoms with Gasteiger partial charge in [0.05, 0.1) is 0 Å². The predicted octanol–water partition coefficient (Wildman–Crippen LogP) is -0.105. The van der Waals surface area contributed by atoms with Crippen LogP contribution in [0.1, 0.15) is 5.82 Å². The van der Waals surface area contributed by atoms with Crippen LogP contribution in [-0.2, 0) is 19.2 Å². The van der Waals surface area contributed by atoms with Gasteiger partial charge in [0.2, 0.25) is 16.7 Å². The molecule has 4 rings (SSSR count). The number of nitrogens with zero attached hydrogens (tertiary/aromatic N) is 6. The number of nitrogen functional groups attached to an aromatic ring is 1. The SMILES string of the molecule is CNc1nnc(SCC2=C(C(=O)O)N3C(=O)C(NC(=O)C(=NOC)c4nsc(N)n4)[C@@H]3SC2)s1. The average Bonchev–Trinajstić information content (AvgIpc) is 3.47. The van der Waals surface area contributed by atoms with Crippen LogP contribution in [0.15, 0.2) is 20.8 Å². The van der Waals surface area contributed by atoms with Crippen LogP contribution in [0.3, 0.4) is 0 Å². The van der Waals surface area contributed by atoms with E-state index in [2.05, 4.69) is 35.3 Å². The Hall–Kier alpha value is -2.96. The number of hydrogen-bond donors (Lipinski definition) is 4. The standard InChI is InChI=1S/C16H17N9O5S4/c1-18-15-21-22-16(33-15)32-4-5-3-31-12-7(11(27)25(12)8(5)13(28)29)19-10(26)6(23-30-2)9-20-14(17)34-24-9/h7,12H,3-4H2,1-2H3,(H,18,21)(H,19,26)(H,28,29)(H2,17,20,24)/t7?,12-/m0/s1. The Balaban J connectivity index is 1.48. The van der Waals surface area contributed by atoms with Crippen molar-refractivity contribution in [2.45, 2.75) is 15.8 Å². The number of hydrogen-bond acceptors (Lipinski definition) is 15. The molecule has 1 unspecified atom stereocenters. The minimum absolute atomic E-state index is 0.0367. The van der Waals surface area contributed by atoms with Crippen LogP contribution in [0.2, 0.25) is 0 Å². The summed E-state index contributed by atoms with van der Waals surface area (Å²) in [4.78, 5) is 47.5. The number of anilines is 2. The van der Waals surface area contributed by atoms with Gasteiger partial charge < -0.3 is 26.3 Å². The number of carboxylic acids is 1. The monoisotopic (exact) mass is 543 g/mol. The van der Waals surface area contributed by atoms with E-state index in [9.17, 15) is 19.5 Å². The van der Waals surface area contributed by atoms with E-state index in [1.807, 2.05) is 0 Å². The van der Waals surface area contributed by atoms with Crippen molar-refractivity contribution in [3.63, 3.8) is 0 Å². The van der Waals surface area contributed by atoms with Crippen molar-refractivity contribution in [2.24, 2.45) is 5.16 Å². The molecule has 2 aromatic heterocycles. The molecule has 2 aromatic rings. The van der Waals surface area contributed by atoms with Crippen molar-refractivity contribution >= 4 is 80.2 Å². The normalized spacial score (nSPS) is 20.0. The number of β-lactam (4-membered cyclic amide) rings is 1. The van der Waals surface area contributed by atoms with Crippen LogP contribution in [0.4, 0.5) is 10.3 Å². The molecule has 0 spiro atoms. The van der Waals surface area contributed by atoms with Crippen LogP contribution < -0.4 is 16.4 Å². The molecule has 2 aliphatic heterocycles. The van der Waals surface area contributed by atoms with Gasteiger partial charge in [0.1, 0.15) is 24.2 Å². The van der Waals surface area contributed by atoms with Crippen molar-refractivity contribution in [1.82, 2.24) is 29.8 Å². The molecule has 1 fully saturated rings. The zero-order valence-electron chi connectivity index (χ0n) is 17.5. The van der Waals surface area contributed by atoms with Gasteiger partial charge in [-0.05, 0) is 5.57 Å². The van der Waals surface area contributed by atoms with Crippen molar-refractivity contribution < 1.29 is 24.3 Å². The number of fused-ring (bicyclic) bond motifs is 1. The molecule has 0 aromatic carbocycles.